The molecule has 1 saturated heterocycles. The van der Waals surface area contributed by atoms with E-state index in [9.17, 15) is 0 Å². The molecule has 1 aliphatic rings. The SMILES string of the molecule is CCCNC(CC1CCSCC1)c1cccc(C)c1C. The Labute approximate surface area is 128 Å². The van der Waals surface area contributed by atoms with Crippen molar-refractivity contribution in [3.63, 3.8) is 0 Å². The number of thioether (sulfide) groups is 1. The lowest BCUT2D eigenvalue weighted by Crippen LogP contribution is -2.26. The highest BCUT2D eigenvalue weighted by molar-refractivity contribution is 7.99. The topological polar surface area (TPSA) is 12.0 Å². The van der Waals surface area contributed by atoms with Crippen molar-refractivity contribution in [3.05, 3.63) is 34.9 Å². The van der Waals surface area contributed by atoms with Crippen LogP contribution in [0.5, 0.6) is 0 Å². The minimum Gasteiger partial charge on any atom is -0.310 e. The molecule has 1 unspecified atom stereocenters. The smallest absolute Gasteiger partial charge is 0.0325 e. The Morgan fingerprint density at radius 3 is 2.70 bits per heavy atom. The third-order valence-corrected chi connectivity index (χ3v) is 5.62. The van der Waals surface area contributed by atoms with Crippen LogP contribution in [0.25, 0.3) is 0 Å². The Hall–Kier alpha value is -0.470. The van der Waals surface area contributed by atoms with Gasteiger partial charge in [-0.25, -0.2) is 0 Å². The zero-order valence-corrected chi connectivity index (χ0v) is 14.1. The Balaban J connectivity index is 2.11. The molecule has 0 saturated carbocycles. The monoisotopic (exact) mass is 291 g/mol. The van der Waals surface area contributed by atoms with Gasteiger partial charge in [0.05, 0.1) is 0 Å². The van der Waals surface area contributed by atoms with Gasteiger partial charge in [-0.3, -0.25) is 0 Å². The van der Waals surface area contributed by atoms with E-state index in [1.54, 1.807) is 0 Å². The molecule has 2 heteroatoms. The molecule has 0 amide bonds. The molecule has 1 fully saturated rings. The summed E-state index contributed by atoms with van der Waals surface area (Å²) in [5, 5.41) is 3.79. The zero-order valence-electron chi connectivity index (χ0n) is 13.2. The Morgan fingerprint density at radius 1 is 1.25 bits per heavy atom. The highest BCUT2D eigenvalue weighted by Gasteiger charge is 2.21. The average Bonchev–Trinajstić information content (AvgIpc) is 2.48. The quantitative estimate of drug-likeness (QED) is 0.802. The molecule has 1 aliphatic heterocycles. The molecular weight excluding hydrogens is 262 g/mol. The Bertz CT molecular complexity index is 410. The fraction of sp³-hybridized carbons (Fsp3) is 0.667. The van der Waals surface area contributed by atoms with E-state index in [1.807, 2.05) is 0 Å². The molecule has 1 N–H and O–H groups in total. The van der Waals surface area contributed by atoms with E-state index in [1.165, 1.54) is 53.9 Å². The molecule has 1 aromatic rings. The second-order valence-electron chi connectivity index (χ2n) is 6.09. The number of nitrogens with one attached hydrogen (secondary N) is 1. The Morgan fingerprint density at radius 2 is 2.00 bits per heavy atom. The zero-order chi connectivity index (χ0) is 14.4. The maximum absolute atomic E-state index is 3.79. The van der Waals surface area contributed by atoms with Crippen LogP contribution in [0, 0.1) is 19.8 Å². The van der Waals surface area contributed by atoms with Crippen molar-refractivity contribution < 1.29 is 0 Å². The molecule has 112 valence electrons. The van der Waals surface area contributed by atoms with Gasteiger partial charge in [0, 0.05) is 6.04 Å². The summed E-state index contributed by atoms with van der Waals surface area (Å²) in [5.74, 6) is 3.63. The molecule has 1 aromatic carbocycles. The van der Waals surface area contributed by atoms with E-state index in [2.05, 4.69) is 56.0 Å². The van der Waals surface area contributed by atoms with Gasteiger partial charge in [0.1, 0.15) is 0 Å². The molecule has 2 rings (SSSR count). The normalized spacial score (nSPS) is 18.1. The van der Waals surface area contributed by atoms with E-state index < -0.39 is 0 Å². The van der Waals surface area contributed by atoms with E-state index in [0.717, 1.165) is 12.5 Å². The van der Waals surface area contributed by atoms with Gasteiger partial charge in [-0.2, -0.15) is 11.8 Å². The van der Waals surface area contributed by atoms with Crippen LogP contribution >= 0.6 is 11.8 Å². The van der Waals surface area contributed by atoms with Crippen molar-refractivity contribution in [3.8, 4) is 0 Å². The summed E-state index contributed by atoms with van der Waals surface area (Å²) < 4.78 is 0. The second kappa shape index (κ2) is 8.09. The van der Waals surface area contributed by atoms with E-state index in [0.29, 0.717) is 6.04 Å². The minimum absolute atomic E-state index is 0.544. The van der Waals surface area contributed by atoms with Crippen LogP contribution in [0.2, 0.25) is 0 Å². The fourth-order valence-electron chi connectivity index (χ4n) is 3.11. The highest BCUT2D eigenvalue weighted by atomic mass is 32.2. The first-order valence-corrected chi connectivity index (χ1v) is 9.25. The van der Waals surface area contributed by atoms with Crippen molar-refractivity contribution in [2.45, 2.75) is 52.5 Å². The van der Waals surface area contributed by atoms with Crippen LogP contribution in [0.4, 0.5) is 0 Å². The number of hydrogen-bond donors (Lipinski definition) is 1. The van der Waals surface area contributed by atoms with Crippen LogP contribution in [0.15, 0.2) is 18.2 Å². The standard InChI is InChI=1S/C18H29NS/c1-4-10-19-18(13-16-8-11-20-12-9-16)17-7-5-6-14(2)15(17)3/h5-7,16,18-19H,4,8-13H2,1-3H3. The lowest BCUT2D eigenvalue weighted by molar-refractivity contribution is 0.369. The van der Waals surface area contributed by atoms with Gasteiger partial charge in [0.2, 0.25) is 0 Å². The average molecular weight is 292 g/mol. The number of rotatable bonds is 6. The molecule has 0 aliphatic carbocycles. The van der Waals surface area contributed by atoms with Gasteiger partial charge in [0.25, 0.3) is 0 Å². The Kier molecular flexibility index (Phi) is 6.44. The van der Waals surface area contributed by atoms with Crippen LogP contribution in [0.1, 0.15) is 55.3 Å². The molecule has 0 spiro atoms. The van der Waals surface area contributed by atoms with Crippen LogP contribution in [-0.2, 0) is 0 Å². The maximum atomic E-state index is 3.79. The number of benzene rings is 1. The van der Waals surface area contributed by atoms with Gasteiger partial charge in [0.15, 0.2) is 0 Å². The van der Waals surface area contributed by atoms with Crippen molar-refractivity contribution in [1.29, 1.82) is 0 Å². The lowest BCUT2D eigenvalue weighted by Gasteiger charge is -2.28. The van der Waals surface area contributed by atoms with Crippen molar-refractivity contribution in [1.82, 2.24) is 5.32 Å². The molecule has 1 heterocycles. The fourth-order valence-corrected chi connectivity index (χ4v) is 4.31. The molecule has 0 bridgehead atoms. The van der Waals surface area contributed by atoms with Crippen molar-refractivity contribution in [2.75, 3.05) is 18.1 Å². The summed E-state index contributed by atoms with van der Waals surface area (Å²) >= 11 is 2.12. The van der Waals surface area contributed by atoms with Gasteiger partial charge in [-0.1, -0.05) is 25.1 Å². The predicted molar refractivity (Wildman–Crippen MR) is 91.6 cm³/mol. The van der Waals surface area contributed by atoms with E-state index >= 15 is 0 Å². The number of aryl methyl sites for hydroxylation is 1. The molecule has 0 radical (unpaired) electrons. The summed E-state index contributed by atoms with van der Waals surface area (Å²) in [6, 6.07) is 7.32. The summed E-state index contributed by atoms with van der Waals surface area (Å²) in [5.41, 5.74) is 4.42. The predicted octanol–water partition coefficient (Wildman–Crippen LogP) is 4.88. The van der Waals surface area contributed by atoms with Crippen LogP contribution < -0.4 is 5.32 Å². The van der Waals surface area contributed by atoms with Crippen LogP contribution in [0.3, 0.4) is 0 Å². The van der Waals surface area contributed by atoms with E-state index in [4.69, 9.17) is 0 Å². The third kappa shape index (κ3) is 4.26. The first-order chi connectivity index (χ1) is 9.72. The molecular formula is C18H29NS. The maximum Gasteiger partial charge on any atom is 0.0325 e. The van der Waals surface area contributed by atoms with Gasteiger partial charge >= 0.3 is 0 Å². The van der Waals surface area contributed by atoms with Crippen molar-refractivity contribution in [2.24, 2.45) is 5.92 Å². The number of hydrogen-bond acceptors (Lipinski definition) is 2. The summed E-state index contributed by atoms with van der Waals surface area (Å²) in [6.07, 6.45) is 5.33. The molecule has 1 nitrogen and oxygen atoms in total. The van der Waals surface area contributed by atoms with E-state index in [-0.39, 0.29) is 0 Å². The van der Waals surface area contributed by atoms with Gasteiger partial charge in [-0.15, -0.1) is 0 Å². The third-order valence-electron chi connectivity index (χ3n) is 4.57. The van der Waals surface area contributed by atoms with Crippen molar-refractivity contribution >= 4 is 11.8 Å². The summed E-state index contributed by atoms with van der Waals surface area (Å²) in [6.45, 7) is 7.89. The molecule has 1 atom stereocenters. The molecule has 20 heavy (non-hydrogen) atoms. The summed E-state index contributed by atoms with van der Waals surface area (Å²) in [7, 11) is 0. The lowest BCUT2D eigenvalue weighted by atomic mass is 9.88. The minimum atomic E-state index is 0.544. The van der Waals surface area contributed by atoms with Gasteiger partial charge in [-0.05, 0) is 80.2 Å². The highest BCUT2D eigenvalue weighted by Crippen LogP contribution is 2.32. The summed E-state index contributed by atoms with van der Waals surface area (Å²) in [4.78, 5) is 0. The largest absolute Gasteiger partial charge is 0.310 e. The first-order valence-electron chi connectivity index (χ1n) is 8.09. The second-order valence-corrected chi connectivity index (χ2v) is 7.31. The molecule has 0 aromatic heterocycles. The first kappa shape index (κ1) is 15.9. The van der Waals surface area contributed by atoms with Crippen LogP contribution in [-0.4, -0.2) is 18.1 Å². The van der Waals surface area contributed by atoms with Gasteiger partial charge < -0.3 is 5.32 Å².